The Bertz CT molecular complexity index is 595. The fourth-order valence-corrected chi connectivity index (χ4v) is 1.80. The van der Waals surface area contributed by atoms with Gasteiger partial charge in [-0.05, 0) is 41.8 Å². The zero-order valence-electron chi connectivity index (χ0n) is 10.0. The molecule has 0 aliphatic carbocycles. The van der Waals surface area contributed by atoms with Gasteiger partial charge in [0.1, 0.15) is 5.82 Å². The van der Waals surface area contributed by atoms with Crippen molar-refractivity contribution in [3.05, 3.63) is 59.4 Å². The smallest absolute Gasteiger partial charge is 0.125 e. The maximum Gasteiger partial charge on any atom is 0.125 e. The first-order valence-corrected chi connectivity index (χ1v) is 5.67. The van der Waals surface area contributed by atoms with Crippen LogP contribution in [-0.2, 0) is 0 Å². The summed E-state index contributed by atoms with van der Waals surface area (Å²) in [5.74, 6) is -0.402. The lowest BCUT2D eigenvalue weighted by atomic mass is 10.0. The molecule has 90 valence electrons. The molecule has 1 unspecified atom stereocenters. The normalized spacial score (nSPS) is 11.9. The van der Waals surface area contributed by atoms with Gasteiger partial charge in [0.05, 0.1) is 11.6 Å². The van der Waals surface area contributed by atoms with Gasteiger partial charge in [0.15, 0.2) is 0 Å². The van der Waals surface area contributed by atoms with E-state index < -0.39 is 5.82 Å². The summed E-state index contributed by atoms with van der Waals surface area (Å²) in [7, 11) is 0. The molecule has 0 heterocycles. The number of benzene rings is 2. The molecule has 0 aliphatic rings. The van der Waals surface area contributed by atoms with E-state index in [1.165, 1.54) is 12.1 Å². The molecule has 0 spiro atoms. The Balaban J connectivity index is 2.43. The van der Waals surface area contributed by atoms with Crippen molar-refractivity contribution in [3.63, 3.8) is 0 Å². The molecule has 0 radical (unpaired) electrons. The Kier molecular flexibility index (Phi) is 3.40. The maximum absolute atomic E-state index is 13.3. The monoisotopic (exact) mass is 240 g/mol. The van der Waals surface area contributed by atoms with Crippen LogP contribution in [0.2, 0.25) is 0 Å². The van der Waals surface area contributed by atoms with E-state index in [-0.39, 0.29) is 6.04 Å². The van der Waals surface area contributed by atoms with Crippen LogP contribution < -0.4 is 5.73 Å². The van der Waals surface area contributed by atoms with Gasteiger partial charge in [0.25, 0.3) is 0 Å². The number of rotatable bonds is 2. The molecule has 0 aromatic heterocycles. The van der Waals surface area contributed by atoms with Gasteiger partial charge in [-0.2, -0.15) is 5.26 Å². The first-order valence-electron chi connectivity index (χ1n) is 5.67. The molecule has 18 heavy (non-hydrogen) atoms. The number of nitrogens with zero attached hydrogens (tertiary/aromatic N) is 1. The van der Waals surface area contributed by atoms with Crippen molar-refractivity contribution in [1.82, 2.24) is 0 Å². The molecule has 2 aromatic carbocycles. The van der Waals surface area contributed by atoms with E-state index in [0.717, 1.165) is 11.1 Å². The molecule has 2 nitrogen and oxygen atoms in total. The summed E-state index contributed by atoms with van der Waals surface area (Å²) in [6.07, 6.45) is 0. The molecule has 0 saturated heterocycles. The van der Waals surface area contributed by atoms with Crippen LogP contribution in [0.3, 0.4) is 0 Å². The molecule has 3 heteroatoms. The number of hydrogen-bond donors (Lipinski definition) is 1. The second kappa shape index (κ2) is 4.99. The standard InChI is InChI=1S/C15H13FN2/c1-10(18)12-2-4-13(5-3-12)14-6-11(9-17)7-15(16)8-14/h2-8,10H,18H2,1H3. The quantitative estimate of drug-likeness (QED) is 0.874. The molecule has 0 amide bonds. The van der Waals surface area contributed by atoms with E-state index in [1.54, 1.807) is 6.07 Å². The van der Waals surface area contributed by atoms with Crippen molar-refractivity contribution >= 4 is 0 Å². The van der Waals surface area contributed by atoms with E-state index in [4.69, 9.17) is 11.0 Å². The lowest BCUT2D eigenvalue weighted by molar-refractivity contribution is 0.628. The molecular formula is C15H13FN2. The second-order valence-corrected chi connectivity index (χ2v) is 4.25. The highest BCUT2D eigenvalue weighted by molar-refractivity contribution is 5.65. The highest BCUT2D eigenvalue weighted by Gasteiger charge is 2.04. The number of nitrogens with two attached hydrogens (primary N) is 1. The average molecular weight is 240 g/mol. The zero-order chi connectivity index (χ0) is 13.1. The van der Waals surface area contributed by atoms with Crippen molar-refractivity contribution in [1.29, 1.82) is 5.26 Å². The van der Waals surface area contributed by atoms with Crippen molar-refractivity contribution in [2.75, 3.05) is 0 Å². The lowest BCUT2D eigenvalue weighted by Crippen LogP contribution is -2.04. The Morgan fingerprint density at radius 2 is 1.78 bits per heavy atom. The van der Waals surface area contributed by atoms with Crippen LogP contribution in [0.15, 0.2) is 42.5 Å². The minimum atomic E-state index is -0.402. The van der Waals surface area contributed by atoms with E-state index in [2.05, 4.69) is 0 Å². The van der Waals surface area contributed by atoms with Crippen LogP contribution in [0.1, 0.15) is 24.1 Å². The molecule has 2 N–H and O–H groups in total. The van der Waals surface area contributed by atoms with Crippen molar-refractivity contribution in [2.45, 2.75) is 13.0 Å². The largest absolute Gasteiger partial charge is 0.324 e. The zero-order valence-corrected chi connectivity index (χ0v) is 10.0. The molecule has 0 aliphatic heterocycles. The highest BCUT2D eigenvalue weighted by atomic mass is 19.1. The van der Waals surface area contributed by atoms with Gasteiger partial charge in [0.2, 0.25) is 0 Å². The average Bonchev–Trinajstić information content (AvgIpc) is 2.38. The van der Waals surface area contributed by atoms with Gasteiger partial charge >= 0.3 is 0 Å². The van der Waals surface area contributed by atoms with E-state index in [1.807, 2.05) is 37.3 Å². The molecule has 1 atom stereocenters. The fraction of sp³-hybridized carbons (Fsp3) is 0.133. The summed E-state index contributed by atoms with van der Waals surface area (Å²) >= 11 is 0. The van der Waals surface area contributed by atoms with Gasteiger partial charge in [-0.3, -0.25) is 0 Å². The first kappa shape index (κ1) is 12.3. The summed E-state index contributed by atoms with van der Waals surface area (Å²) in [5.41, 5.74) is 8.68. The molecule has 2 aromatic rings. The van der Waals surface area contributed by atoms with Crippen LogP contribution in [0.4, 0.5) is 4.39 Å². The second-order valence-electron chi connectivity index (χ2n) is 4.25. The highest BCUT2D eigenvalue weighted by Crippen LogP contribution is 2.23. The molecule has 0 saturated carbocycles. The van der Waals surface area contributed by atoms with Gasteiger partial charge in [0, 0.05) is 6.04 Å². The van der Waals surface area contributed by atoms with Crippen molar-refractivity contribution < 1.29 is 4.39 Å². The Morgan fingerprint density at radius 3 is 2.33 bits per heavy atom. The molecular weight excluding hydrogens is 227 g/mol. The topological polar surface area (TPSA) is 49.8 Å². The summed E-state index contributed by atoms with van der Waals surface area (Å²) in [6.45, 7) is 1.91. The Morgan fingerprint density at radius 1 is 1.11 bits per heavy atom. The van der Waals surface area contributed by atoms with Crippen LogP contribution in [0, 0.1) is 17.1 Å². The van der Waals surface area contributed by atoms with Gasteiger partial charge < -0.3 is 5.73 Å². The first-order chi connectivity index (χ1) is 8.60. The number of halogens is 1. The van der Waals surface area contributed by atoms with Gasteiger partial charge in [-0.15, -0.1) is 0 Å². The summed E-state index contributed by atoms with van der Waals surface area (Å²) in [6, 6.07) is 13.8. The van der Waals surface area contributed by atoms with E-state index >= 15 is 0 Å². The molecule has 0 fully saturated rings. The van der Waals surface area contributed by atoms with Crippen LogP contribution in [0.25, 0.3) is 11.1 Å². The Labute approximate surface area is 105 Å². The van der Waals surface area contributed by atoms with Crippen molar-refractivity contribution in [3.8, 4) is 17.2 Å². The fourth-order valence-electron chi connectivity index (χ4n) is 1.80. The predicted octanol–water partition coefficient (Wildman–Crippen LogP) is 3.38. The molecule has 2 rings (SSSR count). The minimum absolute atomic E-state index is 0.0266. The molecule has 0 bridgehead atoms. The summed E-state index contributed by atoms with van der Waals surface area (Å²) < 4.78 is 13.3. The summed E-state index contributed by atoms with van der Waals surface area (Å²) in [5, 5.41) is 8.82. The van der Waals surface area contributed by atoms with E-state index in [9.17, 15) is 4.39 Å². The lowest BCUT2D eigenvalue weighted by Gasteiger charge is -2.07. The Hall–Kier alpha value is -2.18. The third-order valence-electron chi connectivity index (χ3n) is 2.80. The summed E-state index contributed by atoms with van der Waals surface area (Å²) in [4.78, 5) is 0. The number of nitriles is 1. The van der Waals surface area contributed by atoms with E-state index in [0.29, 0.717) is 11.1 Å². The van der Waals surface area contributed by atoms with Crippen LogP contribution in [0.5, 0.6) is 0 Å². The van der Waals surface area contributed by atoms with Gasteiger partial charge in [-0.25, -0.2) is 4.39 Å². The van der Waals surface area contributed by atoms with Crippen molar-refractivity contribution in [2.24, 2.45) is 5.73 Å². The van der Waals surface area contributed by atoms with Gasteiger partial charge in [-0.1, -0.05) is 24.3 Å². The third kappa shape index (κ3) is 2.55. The van der Waals surface area contributed by atoms with Crippen LogP contribution >= 0.6 is 0 Å². The number of hydrogen-bond acceptors (Lipinski definition) is 2. The maximum atomic E-state index is 13.3. The van der Waals surface area contributed by atoms with Crippen LogP contribution in [-0.4, -0.2) is 0 Å². The minimum Gasteiger partial charge on any atom is -0.324 e. The third-order valence-corrected chi connectivity index (χ3v) is 2.80. The SMILES string of the molecule is CC(N)c1ccc(-c2cc(F)cc(C#N)c2)cc1. The predicted molar refractivity (Wildman–Crippen MR) is 69.2 cm³/mol.